The van der Waals surface area contributed by atoms with Crippen molar-refractivity contribution in [2.75, 3.05) is 26.2 Å². The summed E-state index contributed by atoms with van der Waals surface area (Å²) in [5.41, 5.74) is 0.148. The minimum Gasteiger partial charge on any atom is -0.340 e. The average molecular weight is 462 g/mol. The van der Waals surface area contributed by atoms with Crippen molar-refractivity contribution in [2.45, 2.75) is 59.0 Å². The summed E-state index contributed by atoms with van der Waals surface area (Å²) >= 11 is 0. The Balaban J connectivity index is 2.04. The average Bonchev–Trinajstić information content (AvgIpc) is 2.81. The van der Waals surface area contributed by atoms with E-state index in [1.807, 2.05) is 20.8 Å². The molecule has 0 aliphatic carbocycles. The first-order chi connectivity index (χ1) is 15.7. The summed E-state index contributed by atoms with van der Waals surface area (Å²) in [7, 11) is 0. The van der Waals surface area contributed by atoms with Crippen LogP contribution >= 0.6 is 0 Å². The Labute approximate surface area is 194 Å². The van der Waals surface area contributed by atoms with Crippen molar-refractivity contribution in [1.82, 2.24) is 20.4 Å². The normalized spacial score (nSPS) is 17.8. The van der Waals surface area contributed by atoms with Crippen molar-refractivity contribution < 1.29 is 19.3 Å². The van der Waals surface area contributed by atoms with E-state index >= 15 is 0 Å². The molecular formula is C23H35N5O5. The van der Waals surface area contributed by atoms with E-state index in [2.05, 4.69) is 17.6 Å². The Kier molecular flexibility index (Phi) is 9.62. The molecule has 182 valence electrons. The Morgan fingerprint density at radius 2 is 1.85 bits per heavy atom. The zero-order chi connectivity index (χ0) is 24.5. The van der Waals surface area contributed by atoms with Gasteiger partial charge in [0.15, 0.2) is 0 Å². The van der Waals surface area contributed by atoms with Crippen LogP contribution in [0.15, 0.2) is 24.3 Å². The number of non-ortho nitro benzene ring substituents is 1. The molecule has 1 aliphatic heterocycles. The molecule has 1 heterocycles. The zero-order valence-corrected chi connectivity index (χ0v) is 19.9. The van der Waals surface area contributed by atoms with E-state index in [-0.39, 0.29) is 35.1 Å². The predicted molar refractivity (Wildman–Crippen MR) is 125 cm³/mol. The highest BCUT2D eigenvalue weighted by Crippen LogP contribution is 2.17. The first-order valence-corrected chi connectivity index (χ1v) is 11.6. The van der Waals surface area contributed by atoms with E-state index in [1.54, 1.807) is 9.80 Å². The second kappa shape index (κ2) is 12.2. The first-order valence-electron chi connectivity index (χ1n) is 11.6. The SMILES string of the molecule is CCCCNC(=O)N1CCN(C(=O)C(NC(=O)c2ccc([N+](=O)[O-])cc2)C(C)CC)CC1C. The van der Waals surface area contributed by atoms with Crippen LogP contribution in [0.1, 0.15) is 57.3 Å². The molecule has 2 N–H and O–H groups in total. The Hall–Kier alpha value is -3.17. The van der Waals surface area contributed by atoms with Gasteiger partial charge in [0.2, 0.25) is 5.91 Å². The molecule has 2 rings (SSSR count). The molecule has 0 aromatic heterocycles. The summed E-state index contributed by atoms with van der Waals surface area (Å²) in [5.74, 6) is -0.742. The molecule has 10 nitrogen and oxygen atoms in total. The van der Waals surface area contributed by atoms with Gasteiger partial charge in [0.1, 0.15) is 6.04 Å². The lowest BCUT2D eigenvalue weighted by Crippen LogP contribution is -2.61. The maximum absolute atomic E-state index is 13.3. The number of rotatable bonds is 9. The van der Waals surface area contributed by atoms with Crippen molar-refractivity contribution in [3.05, 3.63) is 39.9 Å². The second-order valence-corrected chi connectivity index (χ2v) is 8.55. The summed E-state index contributed by atoms with van der Waals surface area (Å²) in [6, 6.07) is 4.30. The molecule has 3 unspecified atom stereocenters. The molecule has 1 aromatic rings. The molecule has 1 saturated heterocycles. The van der Waals surface area contributed by atoms with Gasteiger partial charge in [0.25, 0.3) is 11.6 Å². The highest BCUT2D eigenvalue weighted by molar-refractivity contribution is 5.97. The van der Waals surface area contributed by atoms with Crippen molar-refractivity contribution in [1.29, 1.82) is 0 Å². The van der Waals surface area contributed by atoms with Crippen molar-refractivity contribution in [2.24, 2.45) is 5.92 Å². The van der Waals surface area contributed by atoms with Gasteiger partial charge in [-0.25, -0.2) is 4.79 Å². The largest absolute Gasteiger partial charge is 0.340 e. The van der Waals surface area contributed by atoms with Crippen LogP contribution in [0.4, 0.5) is 10.5 Å². The monoisotopic (exact) mass is 461 g/mol. The molecule has 1 aliphatic rings. The number of benzene rings is 1. The number of carbonyl (C=O) groups excluding carboxylic acids is 3. The van der Waals surface area contributed by atoms with E-state index in [0.29, 0.717) is 32.6 Å². The quantitative estimate of drug-likeness (QED) is 0.332. The van der Waals surface area contributed by atoms with Gasteiger partial charge in [-0.1, -0.05) is 33.6 Å². The summed E-state index contributed by atoms with van der Waals surface area (Å²) in [4.78, 5) is 52.3. The number of amides is 4. The van der Waals surface area contributed by atoms with Crippen molar-refractivity contribution in [3.8, 4) is 0 Å². The molecule has 0 spiro atoms. The lowest BCUT2D eigenvalue weighted by Gasteiger charge is -2.41. The third-order valence-electron chi connectivity index (χ3n) is 6.11. The summed E-state index contributed by atoms with van der Waals surface area (Å²) in [6.45, 7) is 9.66. The van der Waals surface area contributed by atoms with Gasteiger partial charge < -0.3 is 20.4 Å². The molecular weight excluding hydrogens is 426 g/mol. The topological polar surface area (TPSA) is 125 Å². The highest BCUT2D eigenvalue weighted by atomic mass is 16.6. The van der Waals surface area contributed by atoms with Crippen LogP contribution in [0, 0.1) is 16.0 Å². The van der Waals surface area contributed by atoms with Crippen LogP contribution in [0.3, 0.4) is 0 Å². The van der Waals surface area contributed by atoms with E-state index in [9.17, 15) is 24.5 Å². The van der Waals surface area contributed by atoms with Crippen LogP contribution in [0.25, 0.3) is 0 Å². The molecule has 1 fully saturated rings. The minimum atomic E-state index is -0.727. The summed E-state index contributed by atoms with van der Waals surface area (Å²) in [6.07, 6.45) is 2.61. The highest BCUT2D eigenvalue weighted by Gasteiger charge is 2.35. The third-order valence-corrected chi connectivity index (χ3v) is 6.11. The summed E-state index contributed by atoms with van der Waals surface area (Å²) in [5, 5.41) is 16.6. The van der Waals surface area contributed by atoms with Crippen molar-refractivity contribution >= 4 is 23.5 Å². The number of hydrogen-bond acceptors (Lipinski definition) is 5. The molecule has 0 radical (unpaired) electrons. The molecule has 0 saturated carbocycles. The van der Waals surface area contributed by atoms with Gasteiger partial charge in [0.05, 0.1) is 4.92 Å². The molecule has 0 bridgehead atoms. The fourth-order valence-corrected chi connectivity index (χ4v) is 3.77. The van der Waals surface area contributed by atoms with E-state index in [0.717, 1.165) is 12.8 Å². The lowest BCUT2D eigenvalue weighted by atomic mass is 9.96. The number of unbranched alkanes of at least 4 members (excludes halogenated alkanes) is 1. The number of piperazine rings is 1. The van der Waals surface area contributed by atoms with Gasteiger partial charge in [-0.15, -0.1) is 0 Å². The van der Waals surface area contributed by atoms with Gasteiger partial charge in [-0.05, 0) is 31.4 Å². The molecule has 1 aromatic carbocycles. The van der Waals surface area contributed by atoms with E-state index in [4.69, 9.17) is 0 Å². The maximum Gasteiger partial charge on any atom is 0.317 e. The Bertz CT molecular complexity index is 844. The Morgan fingerprint density at radius 3 is 2.39 bits per heavy atom. The van der Waals surface area contributed by atoms with Gasteiger partial charge in [-0.2, -0.15) is 0 Å². The molecule has 4 amide bonds. The molecule has 10 heteroatoms. The van der Waals surface area contributed by atoms with Crippen LogP contribution in [-0.2, 0) is 4.79 Å². The third kappa shape index (κ3) is 6.90. The molecule has 3 atom stereocenters. The smallest absolute Gasteiger partial charge is 0.317 e. The predicted octanol–water partition coefficient (Wildman–Crippen LogP) is 2.78. The van der Waals surface area contributed by atoms with Crippen LogP contribution < -0.4 is 10.6 Å². The Morgan fingerprint density at radius 1 is 1.18 bits per heavy atom. The second-order valence-electron chi connectivity index (χ2n) is 8.55. The molecule has 33 heavy (non-hydrogen) atoms. The fourth-order valence-electron chi connectivity index (χ4n) is 3.77. The van der Waals surface area contributed by atoms with E-state index in [1.165, 1.54) is 24.3 Å². The number of nitrogens with zero attached hydrogens (tertiary/aromatic N) is 3. The van der Waals surface area contributed by atoms with Gasteiger partial charge in [-0.3, -0.25) is 19.7 Å². The number of carbonyl (C=O) groups is 3. The first kappa shape index (κ1) is 26.1. The standard InChI is InChI=1S/C23H35N5O5/c1-5-7-12-24-23(31)27-14-13-26(15-17(27)4)22(30)20(16(3)6-2)25-21(29)18-8-10-19(11-9-18)28(32)33/h8-11,16-17,20H,5-7,12-15H2,1-4H3,(H,24,31)(H,25,29). The zero-order valence-electron chi connectivity index (χ0n) is 19.9. The van der Waals surface area contributed by atoms with E-state index < -0.39 is 16.9 Å². The summed E-state index contributed by atoms with van der Waals surface area (Å²) < 4.78 is 0. The lowest BCUT2D eigenvalue weighted by molar-refractivity contribution is -0.384. The minimum absolute atomic E-state index is 0.105. The number of nitro groups is 1. The van der Waals surface area contributed by atoms with Gasteiger partial charge >= 0.3 is 6.03 Å². The van der Waals surface area contributed by atoms with Crippen LogP contribution in [0.2, 0.25) is 0 Å². The van der Waals surface area contributed by atoms with Crippen molar-refractivity contribution in [3.63, 3.8) is 0 Å². The number of urea groups is 1. The van der Waals surface area contributed by atoms with Crippen LogP contribution in [-0.4, -0.2) is 70.8 Å². The maximum atomic E-state index is 13.3. The van der Waals surface area contributed by atoms with Gasteiger partial charge in [0, 0.05) is 49.9 Å². The number of hydrogen-bond donors (Lipinski definition) is 2. The number of nitrogens with one attached hydrogen (secondary N) is 2. The van der Waals surface area contributed by atoms with Crippen LogP contribution in [0.5, 0.6) is 0 Å². The fraction of sp³-hybridized carbons (Fsp3) is 0.609. The number of nitro benzene ring substituents is 1.